The molecule has 1 unspecified atom stereocenters. The minimum Gasteiger partial charge on any atom is -0.354 e. The molecule has 1 aliphatic rings. The molecular weight excluding hydrogens is 257 g/mol. The minimum absolute atomic E-state index is 0.215. The summed E-state index contributed by atoms with van der Waals surface area (Å²) in [7, 11) is 0. The normalized spacial score (nSPS) is 20.7. The first kappa shape index (κ1) is 14.0. The second-order valence-electron chi connectivity index (χ2n) is 4.97. The Labute approximate surface area is 110 Å². The Bertz CT molecular complexity index is 404. The summed E-state index contributed by atoms with van der Waals surface area (Å²) in [5.41, 5.74) is 0.975. The number of halogens is 3. The molecule has 1 aliphatic heterocycles. The fourth-order valence-corrected chi connectivity index (χ4v) is 2.20. The van der Waals surface area contributed by atoms with Gasteiger partial charge in [-0.3, -0.25) is 4.90 Å². The zero-order chi connectivity index (χ0) is 13.9. The third-order valence-corrected chi connectivity index (χ3v) is 3.10. The predicted octanol–water partition coefficient (Wildman–Crippen LogP) is 2.08. The maximum absolute atomic E-state index is 12.2. The number of hydrogen-bond donors (Lipinski definition) is 1. The van der Waals surface area contributed by atoms with Crippen LogP contribution in [0, 0.1) is 12.8 Å². The molecule has 0 amide bonds. The molecule has 0 aromatic carbocycles. The van der Waals surface area contributed by atoms with Crippen LogP contribution in [0.3, 0.4) is 0 Å². The Morgan fingerprint density at radius 3 is 2.68 bits per heavy atom. The highest BCUT2D eigenvalue weighted by atomic mass is 19.4. The molecule has 1 N–H and O–H groups in total. The molecule has 4 nitrogen and oxygen atoms in total. The minimum atomic E-state index is -4.11. The summed E-state index contributed by atoms with van der Waals surface area (Å²) in [4.78, 5) is 9.65. The summed E-state index contributed by atoms with van der Waals surface area (Å²) in [6.07, 6.45) is 0.0806. The van der Waals surface area contributed by atoms with E-state index in [9.17, 15) is 13.2 Å². The van der Waals surface area contributed by atoms with Crippen molar-refractivity contribution in [1.82, 2.24) is 14.9 Å². The van der Waals surface area contributed by atoms with Crippen LogP contribution in [0.5, 0.6) is 0 Å². The predicted molar refractivity (Wildman–Crippen MR) is 65.9 cm³/mol. The van der Waals surface area contributed by atoms with E-state index in [0.717, 1.165) is 12.0 Å². The summed E-state index contributed by atoms with van der Waals surface area (Å²) in [6, 6.07) is 0. The topological polar surface area (TPSA) is 41.1 Å². The summed E-state index contributed by atoms with van der Waals surface area (Å²) < 4.78 is 36.7. The molecule has 0 saturated carbocycles. The molecule has 0 radical (unpaired) electrons. The van der Waals surface area contributed by atoms with Gasteiger partial charge in [0.15, 0.2) is 0 Å². The van der Waals surface area contributed by atoms with Crippen molar-refractivity contribution in [2.75, 3.05) is 31.5 Å². The van der Waals surface area contributed by atoms with Crippen molar-refractivity contribution in [3.05, 3.63) is 18.0 Å². The first-order valence-corrected chi connectivity index (χ1v) is 6.24. The number of aryl methyl sites for hydroxylation is 1. The third kappa shape index (κ3) is 4.66. The maximum Gasteiger partial charge on any atom is 0.401 e. The van der Waals surface area contributed by atoms with Gasteiger partial charge in [0.05, 0.1) is 6.54 Å². The van der Waals surface area contributed by atoms with Crippen LogP contribution in [0.1, 0.15) is 12.0 Å². The van der Waals surface area contributed by atoms with Crippen molar-refractivity contribution < 1.29 is 13.2 Å². The number of nitrogens with one attached hydrogen (secondary N) is 1. The van der Waals surface area contributed by atoms with Crippen LogP contribution >= 0.6 is 0 Å². The van der Waals surface area contributed by atoms with E-state index in [4.69, 9.17) is 0 Å². The second kappa shape index (κ2) is 5.73. The van der Waals surface area contributed by atoms with Gasteiger partial charge in [-0.05, 0) is 31.4 Å². The Morgan fingerprint density at radius 2 is 2.05 bits per heavy atom. The van der Waals surface area contributed by atoms with Gasteiger partial charge in [0, 0.05) is 25.5 Å². The van der Waals surface area contributed by atoms with E-state index >= 15 is 0 Å². The second-order valence-corrected chi connectivity index (χ2v) is 4.97. The van der Waals surface area contributed by atoms with Gasteiger partial charge in [-0.25, -0.2) is 9.97 Å². The van der Waals surface area contributed by atoms with Crippen molar-refractivity contribution >= 4 is 5.95 Å². The smallest absolute Gasteiger partial charge is 0.354 e. The van der Waals surface area contributed by atoms with Gasteiger partial charge in [-0.15, -0.1) is 0 Å². The Morgan fingerprint density at radius 1 is 1.37 bits per heavy atom. The number of likely N-dealkylation sites (tertiary alicyclic amines) is 1. The van der Waals surface area contributed by atoms with Gasteiger partial charge in [-0.1, -0.05) is 0 Å². The monoisotopic (exact) mass is 274 g/mol. The highest BCUT2D eigenvalue weighted by Gasteiger charge is 2.34. The van der Waals surface area contributed by atoms with Crippen molar-refractivity contribution in [2.45, 2.75) is 19.5 Å². The molecule has 106 valence electrons. The first-order chi connectivity index (χ1) is 8.92. The lowest BCUT2D eigenvalue weighted by atomic mass is 10.1. The Kier molecular flexibility index (Phi) is 4.24. The van der Waals surface area contributed by atoms with E-state index in [1.165, 1.54) is 4.90 Å². The lowest BCUT2D eigenvalue weighted by Gasteiger charge is -2.17. The van der Waals surface area contributed by atoms with E-state index in [1.54, 1.807) is 12.4 Å². The fraction of sp³-hybridized carbons (Fsp3) is 0.667. The van der Waals surface area contributed by atoms with E-state index in [2.05, 4.69) is 15.3 Å². The zero-order valence-corrected chi connectivity index (χ0v) is 10.7. The van der Waals surface area contributed by atoms with Crippen LogP contribution in [-0.4, -0.2) is 47.2 Å². The number of anilines is 1. The van der Waals surface area contributed by atoms with Crippen molar-refractivity contribution in [3.63, 3.8) is 0 Å². The maximum atomic E-state index is 12.2. The van der Waals surface area contributed by atoms with Crippen LogP contribution in [0.2, 0.25) is 0 Å². The number of aromatic nitrogens is 2. The SMILES string of the molecule is Cc1cnc(NCC2CCN(CC(F)(F)F)C2)nc1. The molecule has 2 rings (SSSR count). The average molecular weight is 274 g/mol. The number of rotatable bonds is 4. The Hall–Kier alpha value is -1.37. The molecule has 1 atom stereocenters. The zero-order valence-electron chi connectivity index (χ0n) is 10.7. The molecular formula is C12H17F3N4. The molecule has 1 aromatic rings. The van der Waals surface area contributed by atoms with E-state index in [1.807, 2.05) is 6.92 Å². The van der Waals surface area contributed by atoms with Crippen molar-refractivity contribution in [2.24, 2.45) is 5.92 Å². The number of nitrogens with zero attached hydrogens (tertiary/aromatic N) is 3. The molecule has 1 saturated heterocycles. The van der Waals surface area contributed by atoms with E-state index in [-0.39, 0.29) is 5.92 Å². The van der Waals surface area contributed by atoms with Gasteiger partial charge in [0.25, 0.3) is 0 Å². The first-order valence-electron chi connectivity index (χ1n) is 6.24. The quantitative estimate of drug-likeness (QED) is 0.912. The van der Waals surface area contributed by atoms with Crippen LogP contribution in [0.25, 0.3) is 0 Å². The van der Waals surface area contributed by atoms with Gasteiger partial charge < -0.3 is 5.32 Å². The Balaban J connectivity index is 1.75. The van der Waals surface area contributed by atoms with Gasteiger partial charge >= 0.3 is 6.18 Å². The van der Waals surface area contributed by atoms with E-state index in [0.29, 0.717) is 25.6 Å². The van der Waals surface area contributed by atoms with Gasteiger partial charge in [0.1, 0.15) is 0 Å². The molecule has 0 aliphatic carbocycles. The lowest BCUT2D eigenvalue weighted by Crippen LogP contribution is -2.33. The molecule has 7 heteroatoms. The van der Waals surface area contributed by atoms with Crippen molar-refractivity contribution in [1.29, 1.82) is 0 Å². The fourth-order valence-electron chi connectivity index (χ4n) is 2.20. The third-order valence-electron chi connectivity index (χ3n) is 3.10. The molecule has 1 fully saturated rings. The molecule has 2 heterocycles. The summed E-state index contributed by atoms with van der Waals surface area (Å²) in [6.45, 7) is 2.66. The van der Waals surface area contributed by atoms with Crippen LogP contribution < -0.4 is 5.32 Å². The summed E-state index contributed by atoms with van der Waals surface area (Å²) in [5, 5.41) is 3.07. The molecule has 19 heavy (non-hydrogen) atoms. The van der Waals surface area contributed by atoms with Crippen LogP contribution in [0.15, 0.2) is 12.4 Å². The standard InChI is InChI=1S/C12H17F3N4/c1-9-4-16-11(17-5-9)18-6-10-2-3-19(7-10)8-12(13,14)15/h4-5,10H,2-3,6-8H2,1H3,(H,16,17,18). The lowest BCUT2D eigenvalue weighted by molar-refractivity contribution is -0.143. The molecule has 0 bridgehead atoms. The molecule has 0 spiro atoms. The average Bonchev–Trinajstić information content (AvgIpc) is 2.73. The molecule has 1 aromatic heterocycles. The van der Waals surface area contributed by atoms with Crippen LogP contribution in [0.4, 0.5) is 19.1 Å². The summed E-state index contributed by atoms with van der Waals surface area (Å²) >= 11 is 0. The van der Waals surface area contributed by atoms with Gasteiger partial charge in [-0.2, -0.15) is 13.2 Å². The summed E-state index contributed by atoms with van der Waals surface area (Å²) in [5.74, 6) is 0.743. The van der Waals surface area contributed by atoms with E-state index < -0.39 is 12.7 Å². The van der Waals surface area contributed by atoms with Gasteiger partial charge in [0.2, 0.25) is 5.95 Å². The highest BCUT2D eigenvalue weighted by molar-refractivity contribution is 5.24. The largest absolute Gasteiger partial charge is 0.401 e. The number of hydrogen-bond acceptors (Lipinski definition) is 4. The van der Waals surface area contributed by atoms with Crippen LogP contribution in [-0.2, 0) is 0 Å². The van der Waals surface area contributed by atoms with Crippen molar-refractivity contribution in [3.8, 4) is 0 Å². The number of alkyl halides is 3. The highest BCUT2D eigenvalue weighted by Crippen LogP contribution is 2.22.